The molecule has 1 atom stereocenters. The fourth-order valence-electron chi connectivity index (χ4n) is 3.71. The summed E-state index contributed by atoms with van der Waals surface area (Å²) in [6, 6.07) is 9.29. The molecular formula is C21H34N2O2. The third-order valence-corrected chi connectivity index (χ3v) is 5.42. The van der Waals surface area contributed by atoms with Gasteiger partial charge in [0.2, 0.25) is 0 Å². The molecule has 0 amide bonds. The molecule has 1 aromatic rings. The van der Waals surface area contributed by atoms with Gasteiger partial charge < -0.3 is 14.8 Å². The molecule has 0 radical (unpaired) electrons. The second kappa shape index (κ2) is 10.1. The number of rotatable bonds is 9. The molecule has 0 spiro atoms. The highest BCUT2D eigenvalue weighted by atomic mass is 16.5. The molecule has 4 nitrogen and oxygen atoms in total. The maximum absolute atomic E-state index is 6.04. The van der Waals surface area contributed by atoms with Crippen molar-refractivity contribution in [1.82, 2.24) is 10.2 Å². The van der Waals surface area contributed by atoms with Gasteiger partial charge in [-0.25, -0.2) is 0 Å². The number of morpholine rings is 1. The first-order valence-corrected chi connectivity index (χ1v) is 10.1. The molecule has 3 rings (SSSR count). The Labute approximate surface area is 152 Å². The van der Waals surface area contributed by atoms with Crippen LogP contribution in [0, 0.1) is 0 Å². The Bertz CT molecular complexity index is 479. The molecule has 2 fully saturated rings. The van der Waals surface area contributed by atoms with E-state index in [9.17, 15) is 0 Å². The van der Waals surface area contributed by atoms with Crippen LogP contribution < -0.4 is 10.1 Å². The van der Waals surface area contributed by atoms with Crippen LogP contribution in [0.15, 0.2) is 24.3 Å². The largest absolute Gasteiger partial charge is 0.490 e. The highest BCUT2D eigenvalue weighted by Crippen LogP contribution is 2.24. The summed E-state index contributed by atoms with van der Waals surface area (Å²) in [5.74, 6) is 1.03. The average molecular weight is 347 g/mol. The second-order valence-corrected chi connectivity index (χ2v) is 7.52. The lowest BCUT2D eigenvalue weighted by Gasteiger charge is -2.27. The molecule has 2 aliphatic rings. The lowest BCUT2D eigenvalue weighted by molar-refractivity contribution is 0.0381. The Kier molecular flexibility index (Phi) is 7.58. The maximum Gasteiger partial charge on any atom is 0.119 e. The van der Waals surface area contributed by atoms with Crippen LogP contribution in [0.1, 0.15) is 44.6 Å². The Hall–Kier alpha value is -1.10. The Morgan fingerprint density at radius 3 is 2.60 bits per heavy atom. The van der Waals surface area contributed by atoms with Crippen molar-refractivity contribution < 1.29 is 9.47 Å². The zero-order valence-corrected chi connectivity index (χ0v) is 15.7. The van der Waals surface area contributed by atoms with Crippen LogP contribution in [0.5, 0.6) is 5.75 Å². The summed E-state index contributed by atoms with van der Waals surface area (Å²) in [5.41, 5.74) is 1.40. The SMILES string of the molecule is CC(CCc1ccc(OC2CCCC2)cc1)NCCN1CCOCC1. The number of benzene rings is 1. The first kappa shape index (κ1) is 18.7. The Balaban J connectivity index is 1.30. The summed E-state index contributed by atoms with van der Waals surface area (Å²) in [6.45, 7) is 8.40. The molecule has 140 valence electrons. The van der Waals surface area contributed by atoms with E-state index in [1.165, 1.54) is 37.7 Å². The van der Waals surface area contributed by atoms with Gasteiger partial charge in [-0.05, 0) is 63.1 Å². The topological polar surface area (TPSA) is 33.7 Å². The van der Waals surface area contributed by atoms with E-state index in [1.807, 2.05) is 0 Å². The molecule has 4 heteroatoms. The van der Waals surface area contributed by atoms with Crippen molar-refractivity contribution in [2.75, 3.05) is 39.4 Å². The maximum atomic E-state index is 6.04. The fourth-order valence-corrected chi connectivity index (χ4v) is 3.71. The number of ether oxygens (including phenoxy) is 2. The minimum Gasteiger partial charge on any atom is -0.490 e. The van der Waals surface area contributed by atoms with E-state index >= 15 is 0 Å². The summed E-state index contributed by atoms with van der Waals surface area (Å²) in [5, 5.41) is 3.65. The summed E-state index contributed by atoms with van der Waals surface area (Å²) < 4.78 is 11.4. The van der Waals surface area contributed by atoms with Crippen LogP contribution in [0.3, 0.4) is 0 Å². The molecule has 1 unspecified atom stereocenters. The molecule has 1 saturated carbocycles. The lowest BCUT2D eigenvalue weighted by atomic mass is 10.1. The molecule has 0 bridgehead atoms. The number of hydrogen-bond acceptors (Lipinski definition) is 4. The standard InChI is InChI=1S/C21H34N2O2/c1-18(22-12-13-23-14-16-24-17-15-23)6-7-19-8-10-21(11-9-19)25-20-4-2-3-5-20/h8-11,18,20,22H,2-7,12-17H2,1H3. The van der Waals surface area contributed by atoms with Crippen molar-refractivity contribution in [3.63, 3.8) is 0 Å². The van der Waals surface area contributed by atoms with Crippen LogP contribution in [0.2, 0.25) is 0 Å². The van der Waals surface area contributed by atoms with Crippen LogP contribution in [0.4, 0.5) is 0 Å². The lowest BCUT2D eigenvalue weighted by Crippen LogP contribution is -2.41. The monoisotopic (exact) mass is 346 g/mol. The number of hydrogen-bond donors (Lipinski definition) is 1. The van der Waals surface area contributed by atoms with E-state index in [4.69, 9.17) is 9.47 Å². The number of nitrogens with one attached hydrogen (secondary N) is 1. The van der Waals surface area contributed by atoms with Gasteiger partial charge in [0.25, 0.3) is 0 Å². The summed E-state index contributed by atoms with van der Waals surface area (Å²) >= 11 is 0. The van der Waals surface area contributed by atoms with Gasteiger partial charge in [0.05, 0.1) is 19.3 Å². The van der Waals surface area contributed by atoms with Gasteiger partial charge in [-0.1, -0.05) is 12.1 Å². The van der Waals surface area contributed by atoms with Crippen molar-refractivity contribution in [3.05, 3.63) is 29.8 Å². The highest BCUT2D eigenvalue weighted by molar-refractivity contribution is 5.27. The Morgan fingerprint density at radius 1 is 1.16 bits per heavy atom. The third-order valence-electron chi connectivity index (χ3n) is 5.42. The van der Waals surface area contributed by atoms with Gasteiger partial charge in [0.15, 0.2) is 0 Å². The predicted octanol–water partition coefficient (Wildman–Crippen LogP) is 3.25. The van der Waals surface area contributed by atoms with Gasteiger partial charge in [0, 0.05) is 32.2 Å². The molecule has 1 aliphatic heterocycles. The normalized spacial score (nSPS) is 20.7. The molecule has 1 saturated heterocycles. The predicted molar refractivity (Wildman–Crippen MR) is 102 cm³/mol. The summed E-state index contributed by atoms with van der Waals surface area (Å²) in [4.78, 5) is 2.48. The van der Waals surface area contributed by atoms with Gasteiger partial charge in [-0.15, -0.1) is 0 Å². The van der Waals surface area contributed by atoms with E-state index in [0.29, 0.717) is 12.1 Å². The van der Waals surface area contributed by atoms with E-state index in [-0.39, 0.29) is 0 Å². The number of aryl methyl sites for hydroxylation is 1. The highest BCUT2D eigenvalue weighted by Gasteiger charge is 2.16. The minimum absolute atomic E-state index is 0.446. The molecule has 1 heterocycles. The zero-order valence-electron chi connectivity index (χ0n) is 15.7. The molecular weight excluding hydrogens is 312 g/mol. The van der Waals surface area contributed by atoms with Crippen LogP contribution >= 0.6 is 0 Å². The van der Waals surface area contributed by atoms with E-state index < -0.39 is 0 Å². The van der Waals surface area contributed by atoms with Crippen molar-refractivity contribution >= 4 is 0 Å². The smallest absolute Gasteiger partial charge is 0.119 e. The van der Waals surface area contributed by atoms with Crippen molar-refractivity contribution in [2.45, 2.75) is 57.6 Å². The first-order chi connectivity index (χ1) is 12.3. The molecule has 25 heavy (non-hydrogen) atoms. The summed E-state index contributed by atoms with van der Waals surface area (Å²) in [7, 11) is 0. The molecule has 1 aromatic carbocycles. The third kappa shape index (κ3) is 6.61. The van der Waals surface area contributed by atoms with Gasteiger partial charge in [0.1, 0.15) is 5.75 Å². The number of nitrogens with zero attached hydrogens (tertiary/aromatic N) is 1. The van der Waals surface area contributed by atoms with Gasteiger partial charge in [-0.3, -0.25) is 4.90 Å². The minimum atomic E-state index is 0.446. The Morgan fingerprint density at radius 2 is 1.88 bits per heavy atom. The molecule has 0 aromatic heterocycles. The van der Waals surface area contributed by atoms with E-state index in [0.717, 1.165) is 51.6 Å². The quantitative estimate of drug-likeness (QED) is 0.744. The average Bonchev–Trinajstić information content (AvgIpc) is 3.15. The van der Waals surface area contributed by atoms with Crippen LogP contribution in [0.25, 0.3) is 0 Å². The van der Waals surface area contributed by atoms with E-state index in [1.54, 1.807) is 0 Å². The van der Waals surface area contributed by atoms with Crippen LogP contribution in [-0.2, 0) is 11.2 Å². The second-order valence-electron chi connectivity index (χ2n) is 7.52. The zero-order chi connectivity index (χ0) is 17.3. The van der Waals surface area contributed by atoms with Crippen molar-refractivity contribution in [2.24, 2.45) is 0 Å². The van der Waals surface area contributed by atoms with Crippen molar-refractivity contribution in [3.8, 4) is 5.75 Å². The summed E-state index contributed by atoms with van der Waals surface area (Å²) in [6.07, 6.45) is 7.81. The molecule has 1 N–H and O–H groups in total. The first-order valence-electron chi connectivity index (χ1n) is 10.1. The molecule has 1 aliphatic carbocycles. The van der Waals surface area contributed by atoms with Crippen molar-refractivity contribution in [1.29, 1.82) is 0 Å². The van der Waals surface area contributed by atoms with Gasteiger partial charge >= 0.3 is 0 Å². The van der Waals surface area contributed by atoms with E-state index in [2.05, 4.69) is 41.4 Å². The van der Waals surface area contributed by atoms with Crippen LogP contribution in [-0.4, -0.2) is 56.4 Å². The fraction of sp³-hybridized carbons (Fsp3) is 0.714. The van der Waals surface area contributed by atoms with Gasteiger partial charge in [-0.2, -0.15) is 0 Å².